The molecule has 2 aromatic rings. The smallest absolute Gasteiger partial charge is 0.265 e. The molecule has 0 fully saturated rings. The lowest BCUT2D eigenvalue weighted by molar-refractivity contribution is 0.403. The van der Waals surface area contributed by atoms with Crippen LogP contribution in [0, 0.1) is 0 Å². The first-order valence-electron chi connectivity index (χ1n) is 5.75. The van der Waals surface area contributed by atoms with Crippen molar-refractivity contribution >= 4 is 53.3 Å². The molecule has 2 rings (SSSR count). The van der Waals surface area contributed by atoms with Gasteiger partial charge in [0.2, 0.25) is 0 Å². The summed E-state index contributed by atoms with van der Waals surface area (Å²) in [7, 11) is -2.42. The van der Waals surface area contributed by atoms with E-state index in [1.54, 1.807) is 24.3 Å². The van der Waals surface area contributed by atoms with E-state index in [9.17, 15) is 8.42 Å². The molecule has 0 heterocycles. The molecular formula is C13H12Br2N2O3S. The lowest BCUT2D eigenvalue weighted by atomic mass is 10.3. The van der Waals surface area contributed by atoms with Crippen LogP contribution < -0.4 is 15.2 Å². The number of nitrogens with two attached hydrogens (primary N) is 1. The molecule has 21 heavy (non-hydrogen) atoms. The predicted molar refractivity (Wildman–Crippen MR) is 90.1 cm³/mol. The van der Waals surface area contributed by atoms with E-state index in [0.717, 1.165) is 4.47 Å². The van der Waals surface area contributed by atoms with Gasteiger partial charge in [-0.15, -0.1) is 0 Å². The number of ether oxygens (including phenoxy) is 1. The highest BCUT2D eigenvalue weighted by Crippen LogP contribution is 2.31. The molecule has 0 saturated carbocycles. The van der Waals surface area contributed by atoms with Gasteiger partial charge >= 0.3 is 0 Å². The fourth-order valence-electron chi connectivity index (χ4n) is 1.68. The Labute approximate surface area is 139 Å². The molecule has 0 aliphatic carbocycles. The van der Waals surface area contributed by atoms with Crippen molar-refractivity contribution < 1.29 is 13.2 Å². The Morgan fingerprint density at radius 3 is 2.52 bits per heavy atom. The van der Waals surface area contributed by atoms with Crippen LogP contribution in [0.5, 0.6) is 5.75 Å². The van der Waals surface area contributed by atoms with Crippen molar-refractivity contribution in [2.75, 3.05) is 17.6 Å². The van der Waals surface area contributed by atoms with Gasteiger partial charge in [0.1, 0.15) is 10.6 Å². The van der Waals surface area contributed by atoms with E-state index >= 15 is 0 Å². The molecule has 0 unspecified atom stereocenters. The zero-order valence-electron chi connectivity index (χ0n) is 10.9. The molecule has 0 aromatic heterocycles. The Morgan fingerprint density at radius 1 is 1.14 bits per heavy atom. The fourth-order valence-corrected chi connectivity index (χ4v) is 3.79. The molecule has 0 saturated heterocycles. The maximum Gasteiger partial charge on any atom is 0.265 e. The minimum Gasteiger partial charge on any atom is -0.495 e. The Balaban J connectivity index is 2.48. The van der Waals surface area contributed by atoms with E-state index in [4.69, 9.17) is 10.5 Å². The van der Waals surface area contributed by atoms with Gasteiger partial charge in [0, 0.05) is 14.6 Å². The zero-order valence-corrected chi connectivity index (χ0v) is 14.9. The minimum absolute atomic E-state index is 0.0168. The summed E-state index contributed by atoms with van der Waals surface area (Å²) < 4.78 is 34.0. The summed E-state index contributed by atoms with van der Waals surface area (Å²) in [6.45, 7) is 0. The summed E-state index contributed by atoms with van der Waals surface area (Å²) >= 11 is 6.60. The Morgan fingerprint density at radius 2 is 1.86 bits per heavy atom. The average molecular weight is 436 g/mol. The normalized spacial score (nSPS) is 11.2. The van der Waals surface area contributed by atoms with Crippen molar-refractivity contribution in [2.45, 2.75) is 4.90 Å². The number of rotatable bonds is 4. The van der Waals surface area contributed by atoms with Gasteiger partial charge in [0.25, 0.3) is 10.0 Å². The quantitative estimate of drug-likeness (QED) is 0.718. The number of nitrogens with one attached hydrogen (secondary N) is 1. The second-order valence-corrected chi connectivity index (χ2v) is 7.56. The molecule has 3 N–H and O–H groups in total. The summed E-state index contributed by atoms with van der Waals surface area (Å²) in [4.78, 5) is -0.0168. The molecule has 0 aliphatic rings. The van der Waals surface area contributed by atoms with Crippen molar-refractivity contribution in [2.24, 2.45) is 0 Å². The van der Waals surface area contributed by atoms with Crippen LogP contribution in [-0.2, 0) is 10.0 Å². The third kappa shape index (κ3) is 3.69. The SMILES string of the molecule is COc1ccc(N)cc1S(=O)(=O)Nc1cc(Br)ccc1Br. The molecule has 0 radical (unpaired) electrons. The maximum absolute atomic E-state index is 12.5. The van der Waals surface area contributed by atoms with Crippen LogP contribution in [0.3, 0.4) is 0 Å². The van der Waals surface area contributed by atoms with Crippen molar-refractivity contribution in [1.82, 2.24) is 0 Å². The van der Waals surface area contributed by atoms with Gasteiger partial charge in [0.15, 0.2) is 0 Å². The summed E-state index contributed by atoms with van der Waals surface area (Å²) in [6, 6.07) is 9.63. The van der Waals surface area contributed by atoms with Crippen molar-refractivity contribution in [3.05, 3.63) is 45.3 Å². The highest BCUT2D eigenvalue weighted by molar-refractivity contribution is 9.11. The van der Waals surface area contributed by atoms with E-state index in [0.29, 0.717) is 15.8 Å². The number of hydrogen-bond donors (Lipinski definition) is 2. The lowest BCUT2D eigenvalue weighted by Gasteiger charge is -2.13. The highest BCUT2D eigenvalue weighted by Gasteiger charge is 2.21. The fraction of sp³-hybridized carbons (Fsp3) is 0.0769. The van der Waals surface area contributed by atoms with Crippen LogP contribution in [0.1, 0.15) is 0 Å². The lowest BCUT2D eigenvalue weighted by Crippen LogP contribution is -2.14. The number of anilines is 2. The zero-order chi connectivity index (χ0) is 15.6. The van der Waals surface area contributed by atoms with E-state index in [1.165, 1.54) is 19.2 Å². The largest absolute Gasteiger partial charge is 0.495 e. The summed E-state index contributed by atoms with van der Waals surface area (Å²) in [6.07, 6.45) is 0. The Kier molecular flexibility index (Phi) is 4.80. The van der Waals surface area contributed by atoms with Gasteiger partial charge in [-0.05, 0) is 52.3 Å². The van der Waals surface area contributed by atoms with Crippen LogP contribution in [-0.4, -0.2) is 15.5 Å². The average Bonchev–Trinajstić information content (AvgIpc) is 2.42. The molecule has 2 aromatic carbocycles. The Hall–Kier alpha value is -1.25. The maximum atomic E-state index is 12.5. The third-order valence-electron chi connectivity index (χ3n) is 2.65. The summed E-state index contributed by atoms with van der Waals surface area (Å²) in [5.41, 5.74) is 6.41. The highest BCUT2D eigenvalue weighted by atomic mass is 79.9. The molecule has 0 amide bonds. The van der Waals surface area contributed by atoms with E-state index in [-0.39, 0.29) is 10.6 Å². The van der Waals surface area contributed by atoms with Crippen LogP contribution in [0.25, 0.3) is 0 Å². The first kappa shape index (κ1) is 16.1. The number of halogens is 2. The van der Waals surface area contributed by atoms with Crippen LogP contribution in [0.2, 0.25) is 0 Å². The Bertz CT molecular complexity index is 779. The molecule has 0 aliphatic heterocycles. The molecule has 5 nitrogen and oxygen atoms in total. The topological polar surface area (TPSA) is 81.4 Å². The second kappa shape index (κ2) is 6.25. The molecule has 112 valence electrons. The van der Waals surface area contributed by atoms with Crippen LogP contribution in [0.4, 0.5) is 11.4 Å². The molecule has 8 heteroatoms. The van der Waals surface area contributed by atoms with Crippen molar-refractivity contribution in [3.63, 3.8) is 0 Å². The first-order chi connectivity index (χ1) is 9.83. The number of sulfonamides is 1. The molecule has 0 bridgehead atoms. The standard InChI is InChI=1S/C13H12Br2N2O3S/c1-20-12-5-3-9(16)7-13(12)21(18,19)17-11-6-8(14)2-4-10(11)15/h2-7,17H,16H2,1H3. The van der Waals surface area contributed by atoms with Gasteiger partial charge < -0.3 is 10.5 Å². The molecule has 0 spiro atoms. The van der Waals surface area contributed by atoms with E-state index in [2.05, 4.69) is 36.6 Å². The molecule has 0 atom stereocenters. The predicted octanol–water partition coefficient (Wildman–Crippen LogP) is 3.60. The number of benzene rings is 2. The van der Waals surface area contributed by atoms with Gasteiger partial charge in [-0.1, -0.05) is 15.9 Å². The molecular weight excluding hydrogens is 424 g/mol. The van der Waals surface area contributed by atoms with Gasteiger partial charge in [-0.2, -0.15) is 0 Å². The third-order valence-corrected chi connectivity index (χ3v) is 5.22. The van der Waals surface area contributed by atoms with Crippen molar-refractivity contribution in [3.8, 4) is 5.75 Å². The number of hydrogen-bond acceptors (Lipinski definition) is 4. The second-order valence-electron chi connectivity index (χ2n) is 4.14. The number of methoxy groups -OCH3 is 1. The summed E-state index contributed by atoms with van der Waals surface area (Å²) in [5, 5.41) is 0. The van der Waals surface area contributed by atoms with E-state index in [1.807, 2.05) is 0 Å². The van der Waals surface area contributed by atoms with Gasteiger partial charge in [-0.25, -0.2) is 8.42 Å². The minimum atomic E-state index is -3.82. The van der Waals surface area contributed by atoms with Crippen LogP contribution >= 0.6 is 31.9 Å². The first-order valence-corrected chi connectivity index (χ1v) is 8.82. The van der Waals surface area contributed by atoms with Gasteiger partial charge in [-0.3, -0.25) is 4.72 Å². The monoisotopic (exact) mass is 434 g/mol. The van der Waals surface area contributed by atoms with Crippen LogP contribution in [0.15, 0.2) is 50.2 Å². The van der Waals surface area contributed by atoms with Gasteiger partial charge in [0.05, 0.1) is 12.8 Å². The number of nitrogen functional groups attached to an aromatic ring is 1. The summed E-state index contributed by atoms with van der Waals surface area (Å²) in [5.74, 6) is 0.225. The van der Waals surface area contributed by atoms with E-state index < -0.39 is 10.0 Å². The van der Waals surface area contributed by atoms with Crippen molar-refractivity contribution in [1.29, 1.82) is 0 Å².